The van der Waals surface area contributed by atoms with Crippen molar-refractivity contribution >= 4 is 0 Å². The third-order valence-electron chi connectivity index (χ3n) is 2.57. The Kier molecular flexibility index (Phi) is 4.56. The summed E-state index contributed by atoms with van der Waals surface area (Å²) in [5, 5.41) is 3.01. The average molecular weight is 208 g/mol. The van der Waals surface area contributed by atoms with E-state index in [4.69, 9.17) is 0 Å². The summed E-state index contributed by atoms with van der Waals surface area (Å²) in [6.07, 6.45) is 2.17. The molecule has 0 saturated carbocycles. The van der Waals surface area contributed by atoms with Gasteiger partial charge in [-0.05, 0) is 26.5 Å². The molecule has 15 heavy (non-hydrogen) atoms. The lowest BCUT2D eigenvalue weighted by atomic mass is 10.2. The first-order chi connectivity index (χ1) is 7.20. The molecule has 0 spiro atoms. The van der Waals surface area contributed by atoms with E-state index in [1.54, 1.807) is 0 Å². The van der Waals surface area contributed by atoms with E-state index in [-0.39, 0.29) is 5.56 Å². The van der Waals surface area contributed by atoms with E-state index in [1.165, 1.54) is 0 Å². The molecule has 1 rings (SSSR count). The largest absolute Gasteiger partial charge is 0.315 e. The number of unbranched alkanes of at least 4 members (excludes halogenated alkanes) is 1. The fraction of sp³-hybridized carbons (Fsp3) is 0.583. The lowest BCUT2D eigenvalue weighted by Gasteiger charge is -2.11. The van der Waals surface area contributed by atoms with Gasteiger partial charge >= 0.3 is 0 Å². The predicted octanol–water partition coefficient (Wildman–Crippen LogP) is 1.68. The summed E-state index contributed by atoms with van der Waals surface area (Å²) >= 11 is 0. The molecule has 3 heteroatoms. The second kappa shape index (κ2) is 5.71. The third kappa shape index (κ3) is 2.93. The number of hydrogen-bond donors (Lipinski definition) is 1. The minimum Gasteiger partial charge on any atom is -0.315 e. The summed E-state index contributed by atoms with van der Waals surface area (Å²) in [5.41, 5.74) is 2.05. The summed E-state index contributed by atoms with van der Waals surface area (Å²) in [4.78, 5) is 12.0. The molecule has 1 heterocycles. The van der Waals surface area contributed by atoms with Gasteiger partial charge < -0.3 is 9.88 Å². The van der Waals surface area contributed by atoms with E-state index in [0.29, 0.717) is 6.54 Å². The van der Waals surface area contributed by atoms with Gasteiger partial charge in [-0.3, -0.25) is 4.79 Å². The van der Waals surface area contributed by atoms with Crippen molar-refractivity contribution < 1.29 is 0 Å². The molecule has 0 aliphatic rings. The van der Waals surface area contributed by atoms with E-state index in [2.05, 4.69) is 12.2 Å². The van der Waals surface area contributed by atoms with E-state index in [9.17, 15) is 4.79 Å². The molecule has 84 valence electrons. The standard InChI is InChI=1S/C12H20N2O/c1-4-5-8-14-10(2)6-7-11(9-13-3)12(14)15/h6-7,13H,4-5,8-9H2,1-3H3. The Morgan fingerprint density at radius 1 is 1.40 bits per heavy atom. The van der Waals surface area contributed by atoms with Crippen LogP contribution in [0.2, 0.25) is 0 Å². The molecule has 0 aromatic carbocycles. The first-order valence-corrected chi connectivity index (χ1v) is 5.54. The highest BCUT2D eigenvalue weighted by Crippen LogP contribution is 2.01. The van der Waals surface area contributed by atoms with Gasteiger partial charge in [-0.2, -0.15) is 0 Å². The van der Waals surface area contributed by atoms with Crippen LogP contribution in [0.4, 0.5) is 0 Å². The second-order valence-corrected chi connectivity index (χ2v) is 3.84. The summed E-state index contributed by atoms with van der Waals surface area (Å²) in [6, 6.07) is 3.93. The number of rotatable bonds is 5. The Hall–Kier alpha value is -1.09. The van der Waals surface area contributed by atoms with Gasteiger partial charge in [0, 0.05) is 24.3 Å². The molecule has 0 saturated heterocycles. The fourth-order valence-corrected chi connectivity index (χ4v) is 1.64. The molecular weight excluding hydrogens is 188 g/mol. The van der Waals surface area contributed by atoms with Gasteiger partial charge in [0.15, 0.2) is 0 Å². The molecule has 1 N–H and O–H groups in total. The Bertz CT molecular complexity index is 368. The molecule has 1 aromatic rings. The Morgan fingerprint density at radius 3 is 2.73 bits per heavy atom. The summed E-state index contributed by atoms with van der Waals surface area (Å²) < 4.78 is 1.87. The van der Waals surface area contributed by atoms with E-state index >= 15 is 0 Å². The van der Waals surface area contributed by atoms with Gasteiger partial charge in [0.05, 0.1) is 0 Å². The van der Waals surface area contributed by atoms with Crippen LogP contribution >= 0.6 is 0 Å². The van der Waals surface area contributed by atoms with Crippen LogP contribution in [0, 0.1) is 6.92 Å². The van der Waals surface area contributed by atoms with Crippen LogP contribution in [0.3, 0.4) is 0 Å². The highest BCUT2D eigenvalue weighted by atomic mass is 16.1. The Labute approximate surface area is 91.1 Å². The van der Waals surface area contributed by atoms with Crippen molar-refractivity contribution in [2.45, 2.75) is 39.8 Å². The van der Waals surface area contributed by atoms with Crippen molar-refractivity contribution in [2.24, 2.45) is 0 Å². The maximum atomic E-state index is 12.0. The lowest BCUT2D eigenvalue weighted by Crippen LogP contribution is -2.27. The zero-order valence-corrected chi connectivity index (χ0v) is 9.84. The van der Waals surface area contributed by atoms with E-state index in [0.717, 1.165) is 30.6 Å². The molecule has 0 atom stereocenters. The van der Waals surface area contributed by atoms with Crippen LogP contribution in [0.25, 0.3) is 0 Å². The van der Waals surface area contributed by atoms with Gasteiger partial charge in [0.25, 0.3) is 5.56 Å². The molecule has 0 aliphatic heterocycles. The van der Waals surface area contributed by atoms with E-state index in [1.807, 2.05) is 30.7 Å². The summed E-state index contributed by atoms with van der Waals surface area (Å²) in [6.45, 7) is 5.60. The van der Waals surface area contributed by atoms with Gasteiger partial charge in [-0.15, -0.1) is 0 Å². The minimum atomic E-state index is 0.151. The predicted molar refractivity (Wildman–Crippen MR) is 63.1 cm³/mol. The van der Waals surface area contributed by atoms with Gasteiger partial charge in [0.2, 0.25) is 0 Å². The van der Waals surface area contributed by atoms with Crippen molar-refractivity contribution in [1.29, 1.82) is 0 Å². The molecule has 3 nitrogen and oxygen atoms in total. The number of hydrogen-bond acceptors (Lipinski definition) is 2. The zero-order chi connectivity index (χ0) is 11.3. The highest BCUT2D eigenvalue weighted by Gasteiger charge is 2.04. The van der Waals surface area contributed by atoms with Crippen LogP contribution in [-0.4, -0.2) is 11.6 Å². The SMILES string of the molecule is CCCCn1c(C)ccc(CNC)c1=O. The molecular formula is C12H20N2O. The van der Waals surface area contributed by atoms with Gasteiger partial charge in [-0.25, -0.2) is 0 Å². The molecule has 0 radical (unpaired) electrons. The van der Waals surface area contributed by atoms with Crippen molar-refractivity contribution in [1.82, 2.24) is 9.88 Å². The third-order valence-corrected chi connectivity index (χ3v) is 2.57. The van der Waals surface area contributed by atoms with Crippen molar-refractivity contribution in [3.63, 3.8) is 0 Å². The average Bonchev–Trinajstić information content (AvgIpc) is 2.22. The summed E-state index contributed by atoms with van der Waals surface area (Å²) in [7, 11) is 1.86. The normalized spacial score (nSPS) is 10.6. The van der Waals surface area contributed by atoms with Crippen molar-refractivity contribution in [2.75, 3.05) is 7.05 Å². The highest BCUT2D eigenvalue weighted by molar-refractivity contribution is 5.15. The first kappa shape index (κ1) is 12.0. The lowest BCUT2D eigenvalue weighted by molar-refractivity contribution is 0.591. The van der Waals surface area contributed by atoms with Crippen molar-refractivity contribution in [3.05, 3.63) is 33.7 Å². The molecule has 0 amide bonds. The van der Waals surface area contributed by atoms with Crippen LogP contribution in [0.5, 0.6) is 0 Å². The first-order valence-electron chi connectivity index (χ1n) is 5.54. The minimum absolute atomic E-state index is 0.151. The van der Waals surface area contributed by atoms with Crippen LogP contribution in [0.15, 0.2) is 16.9 Å². The second-order valence-electron chi connectivity index (χ2n) is 3.84. The molecule has 0 unspecified atom stereocenters. The molecule has 1 aromatic heterocycles. The molecule has 0 fully saturated rings. The number of nitrogens with zero attached hydrogens (tertiary/aromatic N) is 1. The quantitative estimate of drug-likeness (QED) is 0.798. The van der Waals surface area contributed by atoms with Gasteiger partial charge in [-0.1, -0.05) is 19.4 Å². The van der Waals surface area contributed by atoms with Crippen LogP contribution in [-0.2, 0) is 13.1 Å². The number of nitrogens with one attached hydrogen (secondary N) is 1. The van der Waals surface area contributed by atoms with Crippen LogP contribution in [0.1, 0.15) is 31.0 Å². The molecule has 0 bridgehead atoms. The maximum absolute atomic E-state index is 12.0. The summed E-state index contributed by atoms with van der Waals surface area (Å²) in [5.74, 6) is 0. The Morgan fingerprint density at radius 2 is 2.13 bits per heavy atom. The molecule has 0 aliphatic carbocycles. The topological polar surface area (TPSA) is 34.0 Å². The number of aromatic nitrogens is 1. The maximum Gasteiger partial charge on any atom is 0.255 e. The van der Waals surface area contributed by atoms with E-state index < -0.39 is 0 Å². The van der Waals surface area contributed by atoms with Crippen molar-refractivity contribution in [3.8, 4) is 0 Å². The monoisotopic (exact) mass is 208 g/mol. The van der Waals surface area contributed by atoms with Gasteiger partial charge in [0.1, 0.15) is 0 Å². The smallest absolute Gasteiger partial charge is 0.255 e. The number of aryl methyl sites for hydroxylation is 1. The number of pyridine rings is 1. The fourth-order valence-electron chi connectivity index (χ4n) is 1.64. The zero-order valence-electron chi connectivity index (χ0n) is 9.84. The Balaban J connectivity index is 3.01. The van der Waals surface area contributed by atoms with Crippen LogP contribution < -0.4 is 10.9 Å².